The first kappa shape index (κ1) is 10.9. The highest BCUT2D eigenvalue weighted by molar-refractivity contribution is 8.00. The Labute approximate surface area is 85.6 Å². The Bertz CT molecular complexity index is 191. The van der Waals surface area contributed by atoms with E-state index in [1.54, 1.807) is 0 Å². The van der Waals surface area contributed by atoms with Crippen molar-refractivity contribution >= 4 is 17.6 Å². The molecule has 0 aromatic rings. The molecular weight excluding hydrogens is 180 g/mol. The maximum atomic E-state index is 7.97. The third-order valence-corrected chi connectivity index (χ3v) is 4.08. The summed E-state index contributed by atoms with van der Waals surface area (Å²) < 4.78 is 0. The standard InChI is InChI=1S/C10H20N2S/c1-7(2)10(11)12-5-6-13-9(4)8(12)3/h7-9,11H,5-6H2,1-4H3. The zero-order valence-corrected chi connectivity index (χ0v) is 9.82. The quantitative estimate of drug-likeness (QED) is 0.520. The van der Waals surface area contributed by atoms with Gasteiger partial charge in [0, 0.05) is 29.5 Å². The second-order valence-electron chi connectivity index (χ2n) is 4.05. The van der Waals surface area contributed by atoms with Gasteiger partial charge in [0.05, 0.1) is 5.84 Å². The molecule has 1 saturated heterocycles. The van der Waals surface area contributed by atoms with E-state index in [0.29, 0.717) is 17.2 Å². The van der Waals surface area contributed by atoms with Crippen LogP contribution >= 0.6 is 11.8 Å². The van der Waals surface area contributed by atoms with E-state index >= 15 is 0 Å². The molecule has 1 fully saturated rings. The lowest BCUT2D eigenvalue weighted by Crippen LogP contribution is -2.49. The zero-order valence-electron chi connectivity index (χ0n) is 9.00. The van der Waals surface area contributed by atoms with Crippen molar-refractivity contribution in [2.24, 2.45) is 5.92 Å². The van der Waals surface area contributed by atoms with Crippen molar-refractivity contribution < 1.29 is 0 Å². The number of hydrogen-bond donors (Lipinski definition) is 1. The summed E-state index contributed by atoms with van der Waals surface area (Å²) in [5, 5.41) is 8.64. The predicted octanol–water partition coefficient (Wildman–Crippen LogP) is 2.45. The molecule has 0 bridgehead atoms. The average Bonchev–Trinajstić information content (AvgIpc) is 2.08. The molecule has 0 amide bonds. The van der Waals surface area contributed by atoms with Crippen molar-refractivity contribution in [2.75, 3.05) is 12.3 Å². The van der Waals surface area contributed by atoms with Gasteiger partial charge in [-0.25, -0.2) is 0 Å². The van der Waals surface area contributed by atoms with Crippen LogP contribution < -0.4 is 0 Å². The van der Waals surface area contributed by atoms with Gasteiger partial charge >= 0.3 is 0 Å². The van der Waals surface area contributed by atoms with Gasteiger partial charge in [0.1, 0.15) is 0 Å². The van der Waals surface area contributed by atoms with E-state index in [0.717, 1.165) is 12.4 Å². The van der Waals surface area contributed by atoms with Gasteiger partial charge in [-0.1, -0.05) is 20.8 Å². The summed E-state index contributed by atoms with van der Waals surface area (Å²) in [7, 11) is 0. The Kier molecular flexibility index (Phi) is 3.65. The first-order chi connectivity index (χ1) is 6.04. The molecule has 2 atom stereocenters. The van der Waals surface area contributed by atoms with E-state index in [1.165, 1.54) is 5.75 Å². The van der Waals surface area contributed by atoms with E-state index in [-0.39, 0.29) is 0 Å². The van der Waals surface area contributed by atoms with Gasteiger partial charge < -0.3 is 4.90 Å². The molecule has 1 rings (SSSR count). The number of amidine groups is 1. The van der Waals surface area contributed by atoms with E-state index in [9.17, 15) is 0 Å². The molecule has 0 aromatic carbocycles. The molecule has 0 aromatic heterocycles. The normalized spacial score (nSPS) is 29.5. The van der Waals surface area contributed by atoms with Crippen molar-refractivity contribution in [1.29, 1.82) is 5.41 Å². The molecule has 0 spiro atoms. The minimum Gasteiger partial charge on any atom is -0.356 e. The first-order valence-electron chi connectivity index (χ1n) is 5.00. The van der Waals surface area contributed by atoms with Crippen LogP contribution in [0.4, 0.5) is 0 Å². The van der Waals surface area contributed by atoms with Gasteiger partial charge in [-0.3, -0.25) is 5.41 Å². The van der Waals surface area contributed by atoms with Crippen molar-refractivity contribution in [3.8, 4) is 0 Å². The number of rotatable bonds is 1. The molecule has 1 aliphatic rings. The second-order valence-corrected chi connectivity index (χ2v) is 5.53. The third-order valence-electron chi connectivity index (χ3n) is 2.74. The highest BCUT2D eigenvalue weighted by atomic mass is 32.2. The van der Waals surface area contributed by atoms with Crippen molar-refractivity contribution in [1.82, 2.24) is 4.90 Å². The lowest BCUT2D eigenvalue weighted by molar-refractivity contribution is 0.318. The Hall–Kier alpha value is -0.180. The van der Waals surface area contributed by atoms with Crippen LogP contribution in [0.15, 0.2) is 0 Å². The largest absolute Gasteiger partial charge is 0.356 e. The maximum absolute atomic E-state index is 7.97. The number of thioether (sulfide) groups is 1. The summed E-state index contributed by atoms with van der Waals surface area (Å²) in [6.07, 6.45) is 0. The van der Waals surface area contributed by atoms with E-state index in [2.05, 4.69) is 32.6 Å². The molecule has 2 unspecified atom stereocenters. The van der Waals surface area contributed by atoms with Gasteiger partial charge in [0.25, 0.3) is 0 Å². The van der Waals surface area contributed by atoms with E-state index in [4.69, 9.17) is 5.41 Å². The summed E-state index contributed by atoms with van der Waals surface area (Å²) in [5.41, 5.74) is 0. The highest BCUT2D eigenvalue weighted by Gasteiger charge is 2.27. The maximum Gasteiger partial charge on any atom is 0.0986 e. The number of hydrogen-bond acceptors (Lipinski definition) is 2. The number of nitrogens with zero attached hydrogens (tertiary/aromatic N) is 1. The van der Waals surface area contributed by atoms with Gasteiger partial charge in [0.15, 0.2) is 0 Å². The van der Waals surface area contributed by atoms with E-state index < -0.39 is 0 Å². The summed E-state index contributed by atoms with van der Waals surface area (Å²) in [4.78, 5) is 2.26. The van der Waals surface area contributed by atoms with Crippen molar-refractivity contribution in [3.05, 3.63) is 0 Å². The summed E-state index contributed by atoms with van der Waals surface area (Å²) in [5.74, 6) is 2.33. The van der Waals surface area contributed by atoms with Crippen LogP contribution in [0.1, 0.15) is 27.7 Å². The fourth-order valence-electron chi connectivity index (χ4n) is 1.60. The fraction of sp³-hybridized carbons (Fsp3) is 0.900. The second kappa shape index (κ2) is 4.36. The summed E-state index contributed by atoms with van der Waals surface area (Å²) >= 11 is 2.02. The molecule has 0 saturated carbocycles. The lowest BCUT2D eigenvalue weighted by Gasteiger charge is -2.40. The van der Waals surface area contributed by atoms with Crippen molar-refractivity contribution in [2.45, 2.75) is 39.0 Å². The Balaban J connectivity index is 2.62. The van der Waals surface area contributed by atoms with Gasteiger partial charge in [-0.15, -0.1) is 0 Å². The molecule has 76 valence electrons. The van der Waals surface area contributed by atoms with Crippen LogP contribution in [0.5, 0.6) is 0 Å². The van der Waals surface area contributed by atoms with Crippen molar-refractivity contribution in [3.63, 3.8) is 0 Å². The summed E-state index contributed by atoms with van der Waals surface area (Å²) in [6, 6.07) is 0.522. The van der Waals surface area contributed by atoms with Crippen LogP contribution in [0.3, 0.4) is 0 Å². The number of nitrogens with one attached hydrogen (secondary N) is 1. The SMILES string of the molecule is CC(C)C(=N)N1CCSC(C)C1C. The van der Waals surface area contributed by atoms with Gasteiger partial charge in [-0.05, 0) is 6.92 Å². The molecule has 2 nitrogen and oxygen atoms in total. The molecule has 1 N–H and O–H groups in total. The predicted molar refractivity (Wildman–Crippen MR) is 60.7 cm³/mol. The molecule has 3 heteroatoms. The first-order valence-corrected chi connectivity index (χ1v) is 6.05. The Morgan fingerprint density at radius 3 is 2.62 bits per heavy atom. The molecule has 1 aliphatic heterocycles. The van der Waals surface area contributed by atoms with Crippen LogP contribution in [0.25, 0.3) is 0 Å². The van der Waals surface area contributed by atoms with Gasteiger partial charge in [-0.2, -0.15) is 11.8 Å². The van der Waals surface area contributed by atoms with Crippen LogP contribution in [-0.4, -0.2) is 34.3 Å². The third kappa shape index (κ3) is 2.39. The molecular formula is C10H20N2S. The Morgan fingerprint density at radius 1 is 1.46 bits per heavy atom. The smallest absolute Gasteiger partial charge is 0.0986 e. The van der Waals surface area contributed by atoms with Crippen LogP contribution in [0.2, 0.25) is 0 Å². The lowest BCUT2D eigenvalue weighted by atomic mass is 10.1. The summed E-state index contributed by atoms with van der Waals surface area (Å²) in [6.45, 7) is 9.74. The molecule has 0 radical (unpaired) electrons. The molecule has 0 aliphatic carbocycles. The monoisotopic (exact) mass is 200 g/mol. The molecule has 1 heterocycles. The topological polar surface area (TPSA) is 27.1 Å². The Morgan fingerprint density at radius 2 is 2.08 bits per heavy atom. The van der Waals surface area contributed by atoms with Crippen LogP contribution in [0, 0.1) is 11.3 Å². The van der Waals surface area contributed by atoms with Crippen LogP contribution in [-0.2, 0) is 0 Å². The average molecular weight is 200 g/mol. The van der Waals surface area contributed by atoms with Gasteiger partial charge in [0.2, 0.25) is 0 Å². The highest BCUT2D eigenvalue weighted by Crippen LogP contribution is 2.25. The fourth-order valence-corrected chi connectivity index (χ4v) is 2.70. The minimum atomic E-state index is 0.359. The van der Waals surface area contributed by atoms with E-state index in [1.807, 2.05) is 11.8 Å². The zero-order chi connectivity index (χ0) is 10.0. The molecule has 13 heavy (non-hydrogen) atoms. The minimum absolute atomic E-state index is 0.359.